The molecule has 1 aliphatic heterocycles. The minimum Gasteiger partial charge on any atom is -0.464 e. The number of ether oxygens (including phenoxy) is 1. The summed E-state index contributed by atoms with van der Waals surface area (Å²) in [5.41, 5.74) is 14.1. The fourth-order valence-electron chi connectivity index (χ4n) is 7.67. The van der Waals surface area contributed by atoms with Crippen molar-refractivity contribution in [1.82, 2.24) is 9.13 Å². The first kappa shape index (κ1) is 26.9. The van der Waals surface area contributed by atoms with E-state index in [1.165, 1.54) is 60.3 Å². The normalized spacial score (nSPS) is 12.6. The molecule has 0 saturated carbocycles. The van der Waals surface area contributed by atoms with E-state index in [0.29, 0.717) is 0 Å². The molecule has 0 bridgehead atoms. The highest BCUT2D eigenvalue weighted by Crippen LogP contribution is 2.43. The van der Waals surface area contributed by atoms with Crippen LogP contribution in [-0.4, -0.2) is 9.13 Å². The maximum absolute atomic E-state index is 6.16. The second-order valence-electron chi connectivity index (χ2n) is 12.7. The third kappa shape index (κ3) is 3.94. The van der Waals surface area contributed by atoms with E-state index in [2.05, 4.69) is 174 Å². The fourth-order valence-corrected chi connectivity index (χ4v) is 7.67. The molecule has 0 saturated heterocycles. The summed E-state index contributed by atoms with van der Waals surface area (Å²) in [4.78, 5) is 0. The number of allylic oxidation sites excluding steroid dienone is 1. The monoisotopic (exact) mass is 614 g/mol. The van der Waals surface area contributed by atoms with Crippen LogP contribution >= 0.6 is 0 Å². The Morgan fingerprint density at radius 2 is 0.938 bits per heavy atom. The van der Waals surface area contributed by atoms with Gasteiger partial charge in [-0.3, -0.25) is 0 Å². The van der Waals surface area contributed by atoms with E-state index in [4.69, 9.17) is 4.74 Å². The van der Waals surface area contributed by atoms with Crippen molar-refractivity contribution in [2.75, 3.05) is 0 Å². The summed E-state index contributed by atoms with van der Waals surface area (Å²) >= 11 is 0. The zero-order valence-corrected chi connectivity index (χ0v) is 26.4. The summed E-state index contributed by atoms with van der Waals surface area (Å²) in [6, 6.07) is 57.0. The van der Waals surface area contributed by atoms with E-state index in [0.717, 1.165) is 33.8 Å². The van der Waals surface area contributed by atoms with Gasteiger partial charge in [0.2, 0.25) is 0 Å². The van der Waals surface area contributed by atoms with Crippen LogP contribution in [0.25, 0.3) is 82.8 Å². The molecule has 0 unspecified atom stereocenters. The number of hydrogen-bond acceptors (Lipinski definition) is 1. The van der Waals surface area contributed by atoms with Gasteiger partial charge in [0.05, 0.1) is 28.3 Å². The van der Waals surface area contributed by atoms with E-state index < -0.39 is 0 Å². The minimum atomic E-state index is 0.876. The van der Waals surface area contributed by atoms with Crippen molar-refractivity contribution in [2.45, 2.75) is 6.92 Å². The van der Waals surface area contributed by atoms with Crippen molar-refractivity contribution in [1.29, 1.82) is 0 Å². The third-order valence-electron chi connectivity index (χ3n) is 9.91. The molecule has 0 aliphatic carbocycles. The Morgan fingerprint density at radius 1 is 0.396 bits per heavy atom. The topological polar surface area (TPSA) is 19.1 Å². The lowest BCUT2D eigenvalue weighted by Gasteiger charge is -2.12. The lowest BCUT2D eigenvalue weighted by Crippen LogP contribution is -1.94. The number of para-hydroxylation sites is 3. The first-order valence-corrected chi connectivity index (χ1v) is 16.4. The molecule has 7 aromatic carbocycles. The van der Waals surface area contributed by atoms with Crippen molar-refractivity contribution in [2.24, 2.45) is 0 Å². The maximum atomic E-state index is 6.16. The number of rotatable bonds is 3. The van der Waals surface area contributed by atoms with E-state index in [1.807, 2.05) is 6.26 Å². The Labute approximate surface area is 278 Å². The van der Waals surface area contributed by atoms with E-state index >= 15 is 0 Å². The summed E-state index contributed by atoms with van der Waals surface area (Å²) in [6.45, 7) is 2.11. The average Bonchev–Trinajstić information content (AvgIpc) is 3.60. The molecule has 48 heavy (non-hydrogen) atoms. The largest absolute Gasteiger partial charge is 0.464 e. The zero-order valence-electron chi connectivity index (χ0n) is 26.4. The van der Waals surface area contributed by atoms with Gasteiger partial charge in [-0.15, -0.1) is 0 Å². The molecule has 3 nitrogen and oxygen atoms in total. The number of hydrogen-bond donors (Lipinski definition) is 0. The lowest BCUT2D eigenvalue weighted by atomic mass is 9.93. The Bertz CT molecular complexity index is 2750. The predicted molar refractivity (Wildman–Crippen MR) is 200 cm³/mol. The van der Waals surface area contributed by atoms with Crippen molar-refractivity contribution in [3.63, 3.8) is 0 Å². The molecule has 0 radical (unpaired) electrons. The molecule has 3 heterocycles. The van der Waals surface area contributed by atoms with Gasteiger partial charge >= 0.3 is 0 Å². The van der Waals surface area contributed by atoms with E-state index in [1.54, 1.807) is 0 Å². The van der Waals surface area contributed by atoms with Gasteiger partial charge < -0.3 is 13.9 Å². The summed E-state index contributed by atoms with van der Waals surface area (Å²) in [7, 11) is 0. The van der Waals surface area contributed by atoms with Gasteiger partial charge in [-0.2, -0.15) is 0 Å². The SMILES string of the molecule is CC1=COc2ccc(-c3ccc4c(c3)c3cc5c(cc3n4-c3ccccc3)c3ccccc3n5-c3ccccc3)cc2-c2ccccc21. The summed E-state index contributed by atoms with van der Waals surface area (Å²) in [6.07, 6.45) is 1.87. The Hall–Kier alpha value is -6.32. The van der Waals surface area contributed by atoms with Crippen molar-refractivity contribution < 1.29 is 4.74 Å². The van der Waals surface area contributed by atoms with Gasteiger partial charge in [-0.05, 0) is 101 Å². The molecular weight excluding hydrogens is 585 g/mol. The average molecular weight is 615 g/mol. The summed E-state index contributed by atoms with van der Waals surface area (Å²) < 4.78 is 11.0. The molecule has 2 aromatic heterocycles. The van der Waals surface area contributed by atoms with Crippen LogP contribution in [0.1, 0.15) is 12.5 Å². The first-order chi connectivity index (χ1) is 23.7. The second-order valence-corrected chi connectivity index (χ2v) is 12.7. The standard InChI is InChI=1S/C45H30N2O/c1-29-28-48-45-23-21-31(25-40(45)35-17-9-8-16-34(29)35)30-20-22-42-37(24-30)39-27-43-38(26-44(39)47(42)33-14-6-3-7-15-33)36-18-10-11-19-41(36)46(43)32-12-4-2-5-13-32/h2-28H,1H3. The van der Waals surface area contributed by atoms with E-state index in [-0.39, 0.29) is 0 Å². The Kier molecular flexibility index (Phi) is 5.79. The van der Waals surface area contributed by atoms with Crippen molar-refractivity contribution in [3.05, 3.63) is 170 Å². The smallest absolute Gasteiger partial charge is 0.134 e. The van der Waals surface area contributed by atoms with Gasteiger partial charge in [-0.25, -0.2) is 0 Å². The molecule has 3 heteroatoms. The van der Waals surface area contributed by atoms with Crippen LogP contribution in [0.4, 0.5) is 0 Å². The number of benzene rings is 7. The van der Waals surface area contributed by atoms with Crippen LogP contribution in [-0.2, 0) is 0 Å². The number of fused-ring (bicyclic) bond motifs is 9. The van der Waals surface area contributed by atoms with Gasteiger partial charge in [0.15, 0.2) is 0 Å². The van der Waals surface area contributed by atoms with Crippen LogP contribution in [0, 0.1) is 0 Å². The molecule has 0 N–H and O–H groups in total. The molecular formula is C45H30N2O. The molecule has 10 rings (SSSR count). The zero-order chi connectivity index (χ0) is 31.8. The lowest BCUT2D eigenvalue weighted by molar-refractivity contribution is 0.486. The first-order valence-electron chi connectivity index (χ1n) is 16.4. The molecule has 0 amide bonds. The highest BCUT2D eigenvalue weighted by atomic mass is 16.5. The summed E-state index contributed by atoms with van der Waals surface area (Å²) in [5, 5.41) is 4.95. The highest BCUT2D eigenvalue weighted by Gasteiger charge is 2.20. The Morgan fingerprint density at radius 3 is 1.67 bits per heavy atom. The third-order valence-corrected chi connectivity index (χ3v) is 9.91. The Balaban J connectivity index is 1.26. The van der Waals surface area contributed by atoms with Gasteiger partial charge in [-0.1, -0.05) is 91.0 Å². The molecule has 9 aromatic rings. The summed E-state index contributed by atoms with van der Waals surface area (Å²) in [5.74, 6) is 0.876. The van der Waals surface area contributed by atoms with Crippen LogP contribution in [0.15, 0.2) is 164 Å². The number of nitrogens with zero attached hydrogens (tertiary/aromatic N) is 2. The second kappa shape index (κ2) is 10.3. The van der Waals surface area contributed by atoms with Gasteiger partial charge in [0.1, 0.15) is 5.75 Å². The van der Waals surface area contributed by atoms with Crippen LogP contribution < -0.4 is 4.74 Å². The molecule has 0 atom stereocenters. The predicted octanol–water partition coefficient (Wildman–Crippen LogP) is 12.0. The molecule has 0 spiro atoms. The van der Waals surface area contributed by atoms with Gasteiger partial charge in [0, 0.05) is 38.5 Å². The van der Waals surface area contributed by atoms with Gasteiger partial charge in [0.25, 0.3) is 0 Å². The fraction of sp³-hybridized carbons (Fsp3) is 0.0222. The number of aromatic nitrogens is 2. The van der Waals surface area contributed by atoms with E-state index in [9.17, 15) is 0 Å². The highest BCUT2D eigenvalue weighted by molar-refractivity contribution is 6.19. The van der Waals surface area contributed by atoms with Crippen molar-refractivity contribution in [3.8, 4) is 39.4 Å². The molecule has 0 fully saturated rings. The van der Waals surface area contributed by atoms with Crippen molar-refractivity contribution >= 4 is 49.2 Å². The van der Waals surface area contributed by atoms with Crippen LogP contribution in [0.5, 0.6) is 5.75 Å². The quantitative estimate of drug-likeness (QED) is 0.194. The molecule has 226 valence electrons. The molecule has 1 aliphatic rings. The maximum Gasteiger partial charge on any atom is 0.134 e. The van der Waals surface area contributed by atoms with Crippen LogP contribution in [0.2, 0.25) is 0 Å². The van der Waals surface area contributed by atoms with Crippen LogP contribution in [0.3, 0.4) is 0 Å². The minimum absolute atomic E-state index is 0.876.